The summed E-state index contributed by atoms with van der Waals surface area (Å²) in [5, 5.41) is 0.675. The summed E-state index contributed by atoms with van der Waals surface area (Å²) in [5.74, 6) is 0. The third kappa shape index (κ3) is 2.96. The molecule has 0 atom stereocenters. The van der Waals surface area contributed by atoms with Gasteiger partial charge in [-0.25, -0.2) is 0 Å². The van der Waals surface area contributed by atoms with Crippen LogP contribution in [0.2, 0.25) is 5.02 Å². The smallest absolute Gasteiger partial charge is 0.0446 e. The van der Waals surface area contributed by atoms with Gasteiger partial charge in [0.25, 0.3) is 0 Å². The van der Waals surface area contributed by atoms with Crippen LogP contribution in [0.4, 0.5) is 11.4 Å². The minimum atomic E-state index is 0.675. The monoisotopic (exact) mass is 260 g/mol. The van der Waals surface area contributed by atoms with Gasteiger partial charge in [-0.3, -0.25) is 0 Å². The van der Waals surface area contributed by atoms with Crippen molar-refractivity contribution in [3.05, 3.63) is 58.6 Å². The van der Waals surface area contributed by atoms with Crippen molar-refractivity contribution in [2.75, 3.05) is 17.7 Å². The number of nitrogen functional groups attached to an aromatic ring is 1. The van der Waals surface area contributed by atoms with E-state index in [0.29, 0.717) is 5.02 Å². The first kappa shape index (κ1) is 12.8. The molecule has 3 heteroatoms. The highest BCUT2D eigenvalue weighted by Crippen LogP contribution is 2.22. The van der Waals surface area contributed by atoms with Gasteiger partial charge in [0.15, 0.2) is 0 Å². The Hall–Kier alpha value is -1.67. The maximum atomic E-state index is 5.96. The van der Waals surface area contributed by atoms with E-state index >= 15 is 0 Å². The number of anilines is 2. The van der Waals surface area contributed by atoms with E-state index in [9.17, 15) is 0 Å². The second-order valence-electron chi connectivity index (χ2n) is 4.53. The predicted octanol–water partition coefficient (Wildman–Crippen LogP) is 3.87. The summed E-state index contributed by atoms with van der Waals surface area (Å²) < 4.78 is 0. The number of halogens is 1. The van der Waals surface area contributed by atoms with Crippen LogP contribution in [0, 0.1) is 6.92 Å². The van der Waals surface area contributed by atoms with Crippen molar-refractivity contribution in [2.24, 2.45) is 0 Å². The van der Waals surface area contributed by atoms with Crippen molar-refractivity contribution >= 4 is 23.0 Å². The van der Waals surface area contributed by atoms with Gasteiger partial charge in [-0.2, -0.15) is 0 Å². The van der Waals surface area contributed by atoms with E-state index in [-0.39, 0.29) is 0 Å². The molecular formula is C15H17ClN2. The van der Waals surface area contributed by atoms with Gasteiger partial charge in [0.05, 0.1) is 0 Å². The molecular weight excluding hydrogens is 244 g/mol. The molecule has 0 amide bonds. The van der Waals surface area contributed by atoms with Crippen molar-refractivity contribution in [2.45, 2.75) is 13.5 Å². The van der Waals surface area contributed by atoms with Crippen molar-refractivity contribution in [3.8, 4) is 0 Å². The summed E-state index contributed by atoms with van der Waals surface area (Å²) in [4.78, 5) is 2.17. The predicted molar refractivity (Wildman–Crippen MR) is 79.2 cm³/mol. The van der Waals surface area contributed by atoms with Gasteiger partial charge in [0, 0.05) is 30.0 Å². The van der Waals surface area contributed by atoms with E-state index in [4.69, 9.17) is 17.3 Å². The Bertz CT molecular complexity index is 535. The van der Waals surface area contributed by atoms with Crippen molar-refractivity contribution in [1.29, 1.82) is 0 Å². The number of aryl methyl sites for hydroxylation is 1. The fourth-order valence-electron chi connectivity index (χ4n) is 1.86. The highest BCUT2D eigenvalue weighted by Gasteiger charge is 2.05. The van der Waals surface area contributed by atoms with E-state index in [2.05, 4.69) is 43.1 Å². The number of rotatable bonds is 3. The average Bonchev–Trinajstić information content (AvgIpc) is 2.33. The molecule has 2 aromatic carbocycles. The molecule has 0 aliphatic heterocycles. The fourth-order valence-corrected chi connectivity index (χ4v) is 2.04. The van der Waals surface area contributed by atoms with E-state index in [1.165, 1.54) is 11.3 Å². The fraction of sp³-hybridized carbons (Fsp3) is 0.200. The van der Waals surface area contributed by atoms with E-state index in [1.807, 2.05) is 12.1 Å². The lowest BCUT2D eigenvalue weighted by atomic mass is 10.1. The lowest BCUT2D eigenvalue weighted by Gasteiger charge is -2.20. The SMILES string of the molecule is Cc1ccc(N(C)Cc2ccc(Cl)cc2N)cc1. The Labute approximate surface area is 113 Å². The lowest BCUT2D eigenvalue weighted by molar-refractivity contribution is 0.925. The third-order valence-corrected chi connectivity index (χ3v) is 3.23. The number of hydrogen-bond acceptors (Lipinski definition) is 2. The maximum Gasteiger partial charge on any atom is 0.0446 e. The summed E-state index contributed by atoms with van der Waals surface area (Å²) >= 11 is 5.89. The van der Waals surface area contributed by atoms with Gasteiger partial charge >= 0.3 is 0 Å². The second kappa shape index (κ2) is 5.32. The third-order valence-electron chi connectivity index (χ3n) is 2.99. The molecule has 2 aromatic rings. The summed E-state index contributed by atoms with van der Waals surface area (Å²) in [6, 6.07) is 14.1. The van der Waals surface area contributed by atoms with Gasteiger partial charge in [-0.1, -0.05) is 35.4 Å². The van der Waals surface area contributed by atoms with E-state index < -0.39 is 0 Å². The van der Waals surface area contributed by atoms with Crippen LogP contribution in [0.1, 0.15) is 11.1 Å². The number of nitrogens with two attached hydrogens (primary N) is 1. The molecule has 18 heavy (non-hydrogen) atoms. The first-order valence-corrected chi connectivity index (χ1v) is 6.26. The van der Waals surface area contributed by atoms with Crippen LogP contribution in [-0.4, -0.2) is 7.05 Å². The Morgan fingerprint density at radius 3 is 2.39 bits per heavy atom. The molecule has 2 nitrogen and oxygen atoms in total. The molecule has 0 radical (unpaired) electrons. The summed E-state index contributed by atoms with van der Waals surface area (Å²) in [6.45, 7) is 2.85. The van der Waals surface area contributed by atoms with Crippen LogP contribution in [0.15, 0.2) is 42.5 Å². The molecule has 2 rings (SSSR count). The minimum Gasteiger partial charge on any atom is -0.398 e. The molecule has 0 unspecified atom stereocenters. The molecule has 2 N–H and O–H groups in total. The standard InChI is InChI=1S/C15H17ClN2/c1-11-3-7-14(8-4-11)18(2)10-12-5-6-13(16)9-15(12)17/h3-9H,10,17H2,1-2H3. The zero-order valence-electron chi connectivity index (χ0n) is 10.7. The first-order valence-electron chi connectivity index (χ1n) is 5.88. The first-order chi connectivity index (χ1) is 8.56. The van der Waals surface area contributed by atoms with Crippen LogP contribution < -0.4 is 10.6 Å². The van der Waals surface area contributed by atoms with Crippen LogP contribution in [0.3, 0.4) is 0 Å². The highest BCUT2D eigenvalue weighted by atomic mass is 35.5. The molecule has 94 valence electrons. The van der Waals surface area contributed by atoms with Crippen molar-refractivity contribution in [1.82, 2.24) is 0 Å². The maximum absolute atomic E-state index is 5.96. The van der Waals surface area contributed by atoms with Crippen LogP contribution in [0.25, 0.3) is 0 Å². The quantitative estimate of drug-likeness (QED) is 0.849. The summed E-state index contributed by atoms with van der Waals surface area (Å²) in [7, 11) is 2.05. The van der Waals surface area contributed by atoms with Crippen LogP contribution in [0.5, 0.6) is 0 Å². The second-order valence-corrected chi connectivity index (χ2v) is 4.97. The summed E-state index contributed by atoms with van der Waals surface area (Å²) in [6.07, 6.45) is 0. The summed E-state index contributed by atoms with van der Waals surface area (Å²) in [5.41, 5.74) is 10.2. The molecule has 0 spiro atoms. The van der Waals surface area contributed by atoms with Gasteiger partial charge in [-0.05, 0) is 36.8 Å². The van der Waals surface area contributed by atoms with Gasteiger partial charge in [0.1, 0.15) is 0 Å². The largest absolute Gasteiger partial charge is 0.398 e. The average molecular weight is 261 g/mol. The van der Waals surface area contributed by atoms with Crippen LogP contribution in [-0.2, 0) is 6.54 Å². The van der Waals surface area contributed by atoms with Gasteiger partial charge in [0.2, 0.25) is 0 Å². The Balaban J connectivity index is 2.15. The van der Waals surface area contributed by atoms with E-state index in [1.54, 1.807) is 6.07 Å². The highest BCUT2D eigenvalue weighted by molar-refractivity contribution is 6.30. The minimum absolute atomic E-state index is 0.675. The van der Waals surface area contributed by atoms with E-state index in [0.717, 1.165) is 17.8 Å². The Morgan fingerprint density at radius 2 is 1.78 bits per heavy atom. The molecule has 0 saturated heterocycles. The number of nitrogens with zero attached hydrogens (tertiary/aromatic N) is 1. The molecule has 0 aliphatic carbocycles. The van der Waals surface area contributed by atoms with Crippen molar-refractivity contribution in [3.63, 3.8) is 0 Å². The molecule has 0 saturated carbocycles. The normalized spacial score (nSPS) is 10.4. The lowest BCUT2D eigenvalue weighted by Crippen LogP contribution is -2.17. The molecule has 0 aromatic heterocycles. The topological polar surface area (TPSA) is 29.3 Å². The molecule has 0 fully saturated rings. The number of hydrogen-bond donors (Lipinski definition) is 1. The molecule has 0 aliphatic rings. The van der Waals surface area contributed by atoms with Crippen LogP contribution >= 0.6 is 11.6 Å². The van der Waals surface area contributed by atoms with Crippen molar-refractivity contribution < 1.29 is 0 Å². The Kier molecular flexibility index (Phi) is 3.78. The van der Waals surface area contributed by atoms with Gasteiger partial charge < -0.3 is 10.6 Å². The number of benzene rings is 2. The molecule has 0 heterocycles. The zero-order valence-corrected chi connectivity index (χ0v) is 11.4. The zero-order chi connectivity index (χ0) is 13.1. The van der Waals surface area contributed by atoms with Gasteiger partial charge in [-0.15, -0.1) is 0 Å². The Morgan fingerprint density at radius 1 is 1.11 bits per heavy atom. The molecule has 0 bridgehead atoms.